The molecule has 0 unspecified atom stereocenters. The maximum atomic E-state index is 11.5. The van der Waals surface area contributed by atoms with Crippen LogP contribution in [0.25, 0.3) is 0 Å². The number of ether oxygens (including phenoxy) is 1. The zero-order valence-electron chi connectivity index (χ0n) is 14.1. The van der Waals surface area contributed by atoms with E-state index in [1.165, 1.54) is 10.6 Å². The number of carbonyl (C=O) groups excluding carboxylic acids is 2. The van der Waals surface area contributed by atoms with Crippen LogP contribution < -0.4 is 5.32 Å². The summed E-state index contributed by atoms with van der Waals surface area (Å²) < 4.78 is 6.40. The van der Waals surface area contributed by atoms with E-state index < -0.39 is 11.7 Å². The number of thiol groups is 1. The van der Waals surface area contributed by atoms with Crippen LogP contribution >= 0.6 is 12.8 Å². The molecule has 0 aromatic carbocycles. The summed E-state index contributed by atoms with van der Waals surface area (Å²) in [5.74, 6) is 0. The smallest absolute Gasteiger partial charge is 0.407 e. The average Bonchev–Trinajstić information content (AvgIpc) is 2.37. The SMILES string of the molecule is CN(C)C=NC(=O)N(S)CCCCCNC(=O)OC(C)(C)C. The Balaban J connectivity index is 3.69. The first-order valence-electron chi connectivity index (χ1n) is 7.29. The Bertz CT molecular complexity index is 381. The number of rotatable bonds is 7. The van der Waals surface area contributed by atoms with Crippen LogP contribution in [0.5, 0.6) is 0 Å². The minimum atomic E-state index is -0.482. The van der Waals surface area contributed by atoms with E-state index in [0.717, 1.165) is 19.3 Å². The summed E-state index contributed by atoms with van der Waals surface area (Å²) in [4.78, 5) is 28.4. The quantitative estimate of drug-likeness (QED) is 0.325. The molecule has 0 fully saturated rings. The molecule has 0 rings (SSSR count). The second-order valence-corrected chi connectivity index (χ2v) is 6.59. The molecule has 0 bridgehead atoms. The van der Waals surface area contributed by atoms with Gasteiger partial charge in [0, 0.05) is 27.2 Å². The third kappa shape index (κ3) is 12.3. The third-order valence-corrected chi connectivity index (χ3v) is 2.71. The molecular weight excluding hydrogens is 304 g/mol. The summed E-state index contributed by atoms with van der Waals surface area (Å²) in [6, 6.07) is -0.385. The van der Waals surface area contributed by atoms with Crippen molar-refractivity contribution in [2.24, 2.45) is 4.99 Å². The zero-order chi connectivity index (χ0) is 17.2. The molecule has 0 aromatic heterocycles. The van der Waals surface area contributed by atoms with Gasteiger partial charge in [-0.25, -0.2) is 9.59 Å². The minimum absolute atomic E-state index is 0.385. The van der Waals surface area contributed by atoms with Gasteiger partial charge in [-0.05, 0) is 40.0 Å². The van der Waals surface area contributed by atoms with Crippen molar-refractivity contribution in [1.82, 2.24) is 14.5 Å². The highest BCUT2D eigenvalue weighted by atomic mass is 32.1. The maximum absolute atomic E-state index is 11.5. The van der Waals surface area contributed by atoms with Gasteiger partial charge in [-0.2, -0.15) is 4.99 Å². The summed E-state index contributed by atoms with van der Waals surface area (Å²) in [6.07, 6.45) is 3.52. The van der Waals surface area contributed by atoms with Crippen molar-refractivity contribution in [1.29, 1.82) is 0 Å². The van der Waals surface area contributed by atoms with Crippen molar-refractivity contribution in [2.45, 2.75) is 45.6 Å². The zero-order valence-corrected chi connectivity index (χ0v) is 15.0. The topological polar surface area (TPSA) is 74.2 Å². The first kappa shape index (κ1) is 20.6. The van der Waals surface area contributed by atoms with Gasteiger partial charge in [0.15, 0.2) is 0 Å². The van der Waals surface area contributed by atoms with Gasteiger partial charge in [0.25, 0.3) is 0 Å². The molecular formula is C14H28N4O3S. The molecule has 128 valence electrons. The fourth-order valence-electron chi connectivity index (χ4n) is 1.40. The number of unbranched alkanes of at least 4 members (excludes halogenated alkanes) is 2. The van der Waals surface area contributed by atoms with Crippen molar-refractivity contribution in [3.8, 4) is 0 Å². The predicted molar refractivity (Wildman–Crippen MR) is 91.4 cm³/mol. The number of aliphatic imine (C=N–C) groups is 1. The highest BCUT2D eigenvalue weighted by Crippen LogP contribution is 2.07. The molecule has 8 heteroatoms. The number of amides is 3. The molecule has 0 heterocycles. The van der Waals surface area contributed by atoms with Gasteiger partial charge in [-0.15, -0.1) is 0 Å². The standard InChI is InChI=1S/C14H28N4O3S/c1-14(2,3)21-13(20)15-9-7-6-8-10-18(22)12(19)16-11-17(4)5/h11,22H,6-10H2,1-5H3,(H,15,20). The molecule has 0 aliphatic rings. The highest BCUT2D eigenvalue weighted by molar-refractivity contribution is 7.78. The van der Waals surface area contributed by atoms with Crippen LogP contribution in [0.15, 0.2) is 4.99 Å². The van der Waals surface area contributed by atoms with Crippen LogP contribution in [-0.4, -0.2) is 60.5 Å². The van der Waals surface area contributed by atoms with Gasteiger partial charge < -0.3 is 15.0 Å². The van der Waals surface area contributed by atoms with E-state index in [2.05, 4.69) is 23.1 Å². The van der Waals surface area contributed by atoms with E-state index in [0.29, 0.717) is 13.1 Å². The van der Waals surface area contributed by atoms with E-state index in [4.69, 9.17) is 4.74 Å². The number of carbonyl (C=O) groups is 2. The summed E-state index contributed by atoms with van der Waals surface area (Å²) in [5.41, 5.74) is -0.482. The molecule has 0 aromatic rings. The van der Waals surface area contributed by atoms with E-state index in [1.54, 1.807) is 19.0 Å². The van der Waals surface area contributed by atoms with E-state index in [-0.39, 0.29) is 6.03 Å². The first-order chi connectivity index (χ1) is 10.1. The second kappa shape index (κ2) is 10.3. The van der Waals surface area contributed by atoms with Crippen molar-refractivity contribution >= 4 is 31.3 Å². The van der Waals surface area contributed by atoms with Gasteiger partial charge in [-0.1, -0.05) is 12.8 Å². The molecule has 0 aliphatic carbocycles. The minimum Gasteiger partial charge on any atom is -0.444 e. The molecule has 0 spiro atoms. The third-order valence-electron chi connectivity index (χ3n) is 2.33. The largest absolute Gasteiger partial charge is 0.444 e. The van der Waals surface area contributed by atoms with Crippen LogP contribution in [-0.2, 0) is 4.74 Å². The van der Waals surface area contributed by atoms with Gasteiger partial charge in [0.2, 0.25) is 0 Å². The van der Waals surface area contributed by atoms with Crippen LogP contribution in [0.2, 0.25) is 0 Å². The summed E-state index contributed by atoms with van der Waals surface area (Å²) >= 11 is 4.09. The molecule has 7 nitrogen and oxygen atoms in total. The Hall–Kier alpha value is -1.44. The molecule has 3 amide bonds. The molecule has 0 aliphatic heterocycles. The maximum Gasteiger partial charge on any atom is 0.407 e. The van der Waals surface area contributed by atoms with Gasteiger partial charge in [-0.3, -0.25) is 4.31 Å². The monoisotopic (exact) mass is 332 g/mol. The number of hydrogen-bond donors (Lipinski definition) is 2. The Morgan fingerprint density at radius 1 is 1.23 bits per heavy atom. The molecule has 0 saturated heterocycles. The predicted octanol–water partition coefficient (Wildman–Crippen LogP) is 2.54. The summed E-state index contributed by atoms with van der Waals surface area (Å²) in [5, 5.41) is 2.69. The van der Waals surface area contributed by atoms with Crippen molar-refractivity contribution in [3.63, 3.8) is 0 Å². The summed E-state index contributed by atoms with van der Waals surface area (Å²) in [7, 11) is 3.58. The average molecular weight is 332 g/mol. The van der Waals surface area contributed by atoms with Gasteiger partial charge >= 0.3 is 12.1 Å². The van der Waals surface area contributed by atoms with E-state index in [9.17, 15) is 9.59 Å². The molecule has 0 radical (unpaired) electrons. The number of urea groups is 1. The van der Waals surface area contributed by atoms with Crippen LogP contribution in [0.4, 0.5) is 9.59 Å². The fraction of sp³-hybridized carbons (Fsp3) is 0.786. The van der Waals surface area contributed by atoms with Gasteiger partial charge in [0.1, 0.15) is 5.60 Å². The molecule has 0 saturated carbocycles. The molecule has 0 atom stereocenters. The van der Waals surface area contributed by atoms with Crippen molar-refractivity contribution in [2.75, 3.05) is 27.2 Å². The lowest BCUT2D eigenvalue weighted by molar-refractivity contribution is 0.0527. The lowest BCUT2D eigenvalue weighted by Crippen LogP contribution is -2.33. The number of nitrogens with one attached hydrogen (secondary N) is 1. The number of nitrogens with zero attached hydrogens (tertiary/aromatic N) is 3. The number of hydrogen-bond acceptors (Lipinski definition) is 4. The van der Waals surface area contributed by atoms with E-state index >= 15 is 0 Å². The normalized spacial score (nSPS) is 11.4. The lowest BCUT2D eigenvalue weighted by Gasteiger charge is -2.19. The van der Waals surface area contributed by atoms with Crippen molar-refractivity contribution in [3.05, 3.63) is 0 Å². The summed E-state index contributed by atoms with van der Waals surface area (Å²) in [6.45, 7) is 6.53. The molecule has 22 heavy (non-hydrogen) atoms. The lowest BCUT2D eigenvalue weighted by atomic mass is 10.2. The fourth-order valence-corrected chi connectivity index (χ4v) is 1.59. The van der Waals surface area contributed by atoms with Crippen LogP contribution in [0.3, 0.4) is 0 Å². The van der Waals surface area contributed by atoms with Gasteiger partial charge in [0.05, 0.1) is 6.34 Å². The Morgan fingerprint density at radius 3 is 2.41 bits per heavy atom. The Labute approximate surface area is 138 Å². The second-order valence-electron chi connectivity index (χ2n) is 6.10. The van der Waals surface area contributed by atoms with Crippen LogP contribution in [0.1, 0.15) is 40.0 Å². The molecule has 1 N–H and O–H groups in total. The van der Waals surface area contributed by atoms with Crippen LogP contribution in [0, 0.1) is 0 Å². The first-order valence-corrected chi connectivity index (χ1v) is 7.69. The van der Waals surface area contributed by atoms with Crippen molar-refractivity contribution < 1.29 is 14.3 Å². The Morgan fingerprint density at radius 2 is 1.86 bits per heavy atom. The highest BCUT2D eigenvalue weighted by Gasteiger charge is 2.15. The number of alkyl carbamates (subject to hydrolysis) is 1. The Kier molecular flexibility index (Phi) is 9.64. The van der Waals surface area contributed by atoms with E-state index in [1.807, 2.05) is 20.8 Å².